The first-order chi connectivity index (χ1) is 10.1. The summed E-state index contributed by atoms with van der Waals surface area (Å²) in [4.78, 5) is 12.1. The fourth-order valence-electron chi connectivity index (χ4n) is 3.42. The highest BCUT2D eigenvalue weighted by atomic mass is 16.2. The molecule has 21 heavy (non-hydrogen) atoms. The third-order valence-electron chi connectivity index (χ3n) is 4.41. The Balaban J connectivity index is 1.75. The summed E-state index contributed by atoms with van der Waals surface area (Å²) in [6.07, 6.45) is 5.76. The van der Waals surface area contributed by atoms with E-state index >= 15 is 0 Å². The van der Waals surface area contributed by atoms with Crippen molar-refractivity contribution in [1.29, 1.82) is 0 Å². The van der Waals surface area contributed by atoms with Crippen LogP contribution in [-0.4, -0.2) is 37.1 Å². The van der Waals surface area contributed by atoms with Gasteiger partial charge in [-0.3, -0.25) is 10.6 Å². The van der Waals surface area contributed by atoms with Gasteiger partial charge in [0.2, 0.25) is 0 Å². The second-order valence-corrected chi connectivity index (χ2v) is 6.60. The molecule has 2 amide bonds. The molecule has 1 saturated carbocycles. The maximum absolute atomic E-state index is 12.1. The molecule has 2 rings (SSSR count). The molecule has 2 aliphatic rings. The van der Waals surface area contributed by atoms with Crippen LogP contribution in [0.4, 0.5) is 4.79 Å². The second kappa shape index (κ2) is 7.96. The van der Waals surface area contributed by atoms with Gasteiger partial charge < -0.3 is 16.0 Å². The molecule has 122 valence electrons. The van der Waals surface area contributed by atoms with Crippen LogP contribution in [0.15, 0.2) is 0 Å². The minimum Gasteiger partial charge on any atom is -0.335 e. The smallest absolute Gasteiger partial charge is 0.317 e. The number of carbonyl (C=O) groups is 1. The van der Waals surface area contributed by atoms with Crippen LogP contribution in [0.25, 0.3) is 0 Å². The van der Waals surface area contributed by atoms with Crippen LogP contribution < -0.4 is 26.6 Å². The van der Waals surface area contributed by atoms with Crippen molar-refractivity contribution in [2.24, 2.45) is 5.92 Å². The van der Waals surface area contributed by atoms with Gasteiger partial charge in [-0.1, -0.05) is 26.7 Å². The molecule has 0 bridgehead atoms. The Morgan fingerprint density at radius 2 is 1.95 bits per heavy atom. The molecule has 0 radical (unpaired) electrons. The summed E-state index contributed by atoms with van der Waals surface area (Å²) in [5, 5.41) is 16.2. The van der Waals surface area contributed by atoms with Crippen LogP contribution in [0.2, 0.25) is 0 Å². The highest BCUT2D eigenvalue weighted by Gasteiger charge is 2.26. The molecule has 0 spiro atoms. The molecule has 1 saturated heterocycles. The van der Waals surface area contributed by atoms with Gasteiger partial charge in [0.1, 0.15) is 6.29 Å². The van der Waals surface area contributed by atoms with Gasteiger partial charge in [0.05, 0.1) is 6.17 Å². The summed E-state index contributed by atoms with van der Waals surface area (Å²) in [6.45, 7) is 7.41. The molecular weight excluding hydrogens is 266 g/mol. The van der Waals surface area contributed by atoms with Gasteiger partial charge in [0.25, 0.3) is 0 Å². The lowest BCUT2D eigenvalue weighted by Gasteiger charge is -2.37. The van der Waals surface area contributed by atoms with Crippen LogP contribution in [-0.2, 0) is 0 Å². The first-order valence-corrected chi connectivity index (χ1v) is 8.39. The van der Waals surface area contributed by atoms with Crippen LogP contribution in [0.5, 0.6) is 0 Å². The highest BCUT2D eigenvalue weighted by molar-refractivity contribution is 5.74. The highest BCUT2D eigenvalue weighted by Crippen LogP contribution is 2.23. The Bertz CT molecular complexity index is 338. The minimum absolute atomic E-state index is 0.0801. The van der Waals surface area contributed by atoms with Crippen LogP contribution in [0.1, 0.15) is 52.9 Å². The number of nitrogens with one attached hydrogen (secondary N) is 5. The Kier molecular flexibility index (Phi) is 6.26. The predicted molar refractivity (Wildman–Crippen MR) is 84.7 cm³/mol. The summed E-state index contributed by atoms with van der Waals surface area (Å²) in [5.74, 6) is 0.716. The topological polar surface area (TPSA) is 77.2 Å². The van der Waals surface area contributed by atoms with E-state index in [1.54, 1.807) is 0 Å². The lowest BCUT2D eigenvalue weighted by Crippen LogP contribution is -2.68. The average Bonchev–Trinajstić information content (AvgIpc) is 2.37. The van der Waals surface area contributed by atoms with Gasteiger partial charge in [-0.25, -0.2) is 4.79 Å². The first kappa shape index (κ1) is 16.5. The zero-order valence-electron chi connectivity index (χ0n) is 13.5. The maximum Gasteiger partial charge on any atom is 0.317 e. The standard InChI is InChI=1S/C15H31N5O/c1-4-16-13-9-11(3)17-14(19-13)20-15(21)18-12-7-5-6-10(2)8-12/h10-14,16-17,19H,4-9H2,1-3H3,(H2,18,20,21). The summed E-state index contributed by atoms with van der Waals surface area (Å²) >= 11 is 0. The molecule has 1 aliphatic carbocycles. The summed E-state index contributed by atoms with van der Waals surface area (Å²) < 4.78 is 0. The van der Waals surface area contributed by atoms with Crippen LogP contribution >= 0.6 is 0 Å². The molecule has 0 aromatic carbocycles. The van der Waals surface area contributed by atoms with Crippen molar-refractivity contribution < 1.29 is 4.79 Å². The Morgan fingerprint density at radius 1 is 1.14 bits per heavy atom. The molecule has 5 atom stereocenters. The first-order valence-electron chi connectivity index (χ1n) is 8.39. The van der Waals surface area contributed by atoms with Crippen molar-refractivity contribution in [3.63, 3.8) is 0 Å². The summed E-state index contributed by atoms with van der Waals surface area (Å²) in [6, 6.07) is 0.609. The fourth-order valence-corrected chi connectivity index (χ4v) is 3.42. The van der Waals surface area contributed by atoms with Crippen molar-refractivity contribution in [2.45, 2.75) is 77.4 Å². The van der Waals surface area contributed by atoms with E-state index in [0.717, 1.165) is 25.8 Å². The minimum atomic E-state index is -0.182. The van der Waals surface area contributed by atoms with Crippen LogP contribution in [0, 0.1) is 5.92 Å². The van der Waals surface area contributed by atoms with Gasteiger partial charge in [0, 0.05) is 12.1 Å². The van der Waals surface area contributed by atoms with Gasteiger partial charge in [0.15, 0.2) is 0 Å². The molecule has 5 N–H and O–H groups in total. The number of carbonyl (C=O) groups excluding carboxylic acids is 1. The van der Waals surface area contributed by atoms with Crippen LogP contribution in [0.3, 0.4) is 0 Å². The van der Waals surface area contributed by atoms with Crippen molar-refractivity contribution in [2.75, 3.05) is 6.54 Å². The zero-order chi connectivity index (χ0) is 15.2. The number of urea groups is 1. The SMILES string of the molecule is CCNC1CC(C)NC(NC(=O)NC2CCCC(C)C2)N1. The lowest BCUT2D eigenvalue weighted by molar-refractivity contribution is 0.184. The summed E-state index contributed by atoms with van der Waals surface area (Å²) in [5.41, 5.74) is 0. The molecule has 5 unspecified atom stereocenters. The molecular formula is C15H31N5O. The normalized spacial score (nSPS) is 37.0. The van der Waals surface area contributed by atoms with E-state index in [9.17, 15) is 4.79 Å². The Labute approximate surface area is 128 Å². The molecule has 0 aromatic heterocycles. The molecule has 6 heteroatoms. The maximum atomic E-state index is 12.1. The largest absolute Gasteiger partial charge is 0.335 e. The van der Waals surface area contributed by atoms with E-state index < -0.39 is 0 Å². The Morgan fingerprint density at radius 3 is 2.67 bits per heavy atom. The number of amides is 2. The second-order valence-electron chi connectivity index (χ2n) is 6.60. The molecule has 6 nitrogen and oxygen atoms in total. The van der Waals surface area contributed by atoms with Gasteiger partial charge in [-0.15, -0.1) is 0 Å². The van der Waals surface area contributed by atoms with Crippen molar-refractivity contribution >= 4 is 6.03 Å². The lowest BCUT2D eigenvalue weighted by atomic mass is 9.87. The third-order valence-corrected chi connectivity index (χ3v) is 4.41. The van der Waals surface area contributed by atoms with E-state index in [-0.39, 0.29) is 18.5 Å². The van der Waals surface area contributed by atoms with Crippen molar-refractivity contribution in [1.82, 2.24) is 26.6 Å². The van der Waals surface area contributed by atoms with Gasteiger partial charge in [-0.2, -0.15) is 0 Å². The average molecular weight is 297 g/mol. The van der Waals surface area contributed by atoms with E-state index in [4.69, 9.17) is 0 Å². The quantitative estimate of drug-likeness (QED) is 0.538. The zero-order valence-corrected chi connectivity index (χ0v) is 13.5. The van der Waals surface area contributed by atoms with Gasteiger partial charge in [-0.05, 0) is 38.6 Å². The number of rotatable bonds is 4. The monoisotopic (exact) mass is 297 g/mol. The number of hydrogen-bond acceptors (Lipinski definition) is 4. The van der Waals surface area contributed by atoms with E-state index in [2.05, 4.69) is 47.4 Å². The Hall–Kier alpha value is -0.850. The van der Waals surface area contributed by atoms with Crippen molar-refractivity contribution in [3.8, 4) is 0 Å². The third kappa shape index (κ3) is 5.45. The fraction of sp³-hybridized carbons (Fsp3) is 0.933. The molecule has 1 aliphatic heterocycles. The van der Waals surface area contributed by atoms with E-state index in [1.807, 2.05) is 0 Å². The molecule has 2 fully saturated rings. The summed E-state index contributed by atoms with van der Waals surface area (Å²) in [7, 11) is 0. The molecule has 1 heterocycles. The van der Waals surface area contributed by atoms with E-state index in [0.29, 0.717) is 18.0 Å². The van der Waals surface area contributed by atoms with Crippen molar-refractivity contribution in [3.05, 3.63) is 0 Å². The predicted octanol–water partition coefficient (Wildman–Crippen LogP) is 1.05. The van der Waals surface area contributed by atoms with E-state index in [1.165, 1.54) is 12.8 Å². The van der Waals surface area contributed by atoms with Gasteiger partial charge >= 0.3 is 6.03 Å². The number of hydrogen-bond donors (Lipinski definition) is 5. The molecule has 0 aromatic rings.